The van der Waals surface area contributed by atoms with Crippen molar-refractivity contribution in [1.29, 1.82) is 0 Å². The summed E-state index contributed by atoms with van der Waals surface area (Å²) in [4.78, 5) is 27.8. The molecular formula is C23H20ClN3O3S. The van der Waals surface area contributed by atoms with Crippen LogP contribution >= 0.6 is 23.8 Å². The first-order valence-electron chi connectivity index (χ1n) is 10.00. The fourth-order valence-electron chi connectivity index (χ4n) is 4.61. The quantitative estimate of drug-likeness (QED) is 0.420. The maximum absolute atomic E-state index is 13.4. The minimum atomic E-state index is -0.915. The Morgan fingerprint density at radius 3 is 2.71 bits per heavy atom. The summed E-state index contributed by atoms with van der Waals surface area (Å²) < 4.78 is 6.14. The number of nitrogens with zero attached hydrogens (tertiary/aromatic N) is 1. The number of carbonyl (C=O) groups is 2. The lowest BCUT2D eigenvalue weighted by Gasteiger charge is -2.29. The minimum absolute atomic E-state index is 0.213. The lowest BCUT2D eigenvalue weighted by Crippen LogP contribution is -2.49. The molecule has 158 valence electrons. The van der Waals surface area contributed by atoms with E-state index in [1.165, 1.54) is 4.90 Å². The highest BCUT2D eigenvalue weighted by molar-refractivity contribution is 7.80. The van der Waals surface area contributed by atoms with E-state index >= 15 is 0 Å². The van der Waals surface area contributed by atoms with Gasteiger partial charge in [-0.15, -0.1) is 0 Å². The second-order valence-electron chi connectivity index (χ2n) is 8.07. The first-order valence-corrected chi connectivity index (χ1v) is 10.8. The number of aryl methyl sites for hydroxylation is 1. The SMILES string of the molecule is Cc1ccc(N2C(=O)[C@H]3[C@H]4C=C[C@@](CNC(=S)Nc5cccc(Cl)c5)(O4)[C@H]3C2=O)cc1. The summed E-state index contributed by atoms with van der Waals surface area (Å²) >= 11 is 11.4. The predicted octanol–water partition coefficient (Wildman–Crippen LogP) is 3.45. The van der Waals surface area contributed by atoms with E-state index in [1.54, 1.807) is 24.3 Å². The number of fused-ring (bicyclic) bond motifs is 5. The van der Waals surface area contributed by atoms with Crippen LogP contribution in [0.2, 0.25) is 5.02 Å². The van der Waals surface area contributed by atoms with E-state index in [4.69, 9.17) is 28.6 Å². The fraction of sp³-hybridized carbons (Fsp3) is 0.261. The van der Waals surface area contributed by atoms with Gasteiger partial charge in [-0.25, -0.2) is 4.90 Å². The number of imide groups is 1. The molecule has 3 aliphatic rings. The van der Waals surface area contributed by atoms with Gasteiger partial charge in [-0.1, -0.05) is 47.5 Å². The van der Waals surface area contributed by atoms with Crippen molar-refractivity contribution in [2.24, 2.45) is 11.8 Å². The van der Waals surface area contributed by atoms with Crippen molar-refractivity contribution in [3.8, 4) is 0 Å². The van der Waals surface area contributed by atoms with Crippen LogP contribution in [-0.4, -0.2) is 35.2 Å². The molecule has 2 aromatic carbocycles. The lowest BCUT2D eigenvalue weighted by atomic mass is 9.77. The maximum Gasteiger partial charge on any atom is 0.241 e. The number of hydrogen-bond donors (Lipinski definition) is 2. The Balaban J connectivity index is 1.34. The molecule has 3 aliphatic heterocycles. The number of thiocarbonyl (C=S) groups is 1. The van der Waals surface area contributed by atoms with Crippen molar-refractivity contribution >= 4 is 52.1 Å². The predicted molar refractivity (Wildman–Crippen MR) is 123 cm³/mol. The molecule has 5 rings (SSSR count). The number of carbonyl (C=O) groups excluding carboxylic acids is 2. The van der Waals surface area contributed by atoms with Gasteiger partial charge in [0.25, 0.3) is 0 Å². The van der Waals surface area contributed by atoms with E-state index in [0.717, 1.165) is 11.3 Å². The van der Waals surface area contributed by atoms with Crippen LogP contribution in [0.15, 0.2) is 60.7 Å². The zero-order valence-electron chi connectivity index (χ0n) is 16.7. The molecule has 0 aliphatic carbocycles. The molecule has 2 amide bonds. The Labute approximate surface area is 190 Å². The molecule has 2 aromatic rings. The molecule has 8 heteroatoms. The summed E-state index contributed by atoms with van der Waals surface area (Å²) in [6.45, 7) is 2.24. The Bertz CT molecular complexity index is 1120. The Hall–Kier alpha value is -2.74. The van der Waals surface area contributed by atoms with Crippen molar-refractivity contribution in [1.82, 2.24) is 5.32 Å². The number of amides is 2. The number of halogens is 1. The maximum atomic E-state index is 13.4. The molecular weight excluding hydrogens is 434 g/mol. The smallest absolute Gasteiger partial charge is 0.241 e. The van der Waals surface area contributed by atoms with E-state index in [9.17, 15) is 9.59 Å². The Kier molecular flexibility index (Phi) is 4.84. The molecule has 0 radical (unpaired) electrons. The van der Waals surface area contributed by atoms with Crippen LogP contribution in [0.25, 0.3) is 0 Å². The molecule has 4 atom stereocenters. The summed E-state index contributed by atoms with van der Waals surface area (Å²) in [5, 5.41) is 7.20. The summed E-state index contributed by atoms with van der Waals surface area (Å²) in [6, 6.07) is 14.6. The van der Waals surface area contributed by atoms with Crippen LogP contribution in [0.1, 0.15) is 5.56 Å². The third-order valence-corrected chi connectivity index (χ3v) is 6.54. The number of hydrogen-bond acceptors (Lipinski definition) is 4. The molecule has 0 unspecified atom stereocenters. The first kappa shape index (κ1) is 20.2. The molecule has 2 N–H and O–H groups in total. The molecule has 6 nitrogen and oxygen atoms in total. The molecule has 0 spiro atoms. The van der Waals surface area contributed by atoms with Gasteiger partial charge in [-0.2, -0.15) is 0 Å². The van der Waals surface area contributed by atoms with Crippen LogP contribution in [-0.2, 0) is 14.3 Å². The summed E-state index contributed by atoms with van der Waals surface area (Å²) in [5.41, 5.74) is 1.50. The number of anilines is 2. The molecule has 31 heavy (non-hydrogen) atoms. The van der Waals surface area contributed by atoms with E-state index in [2.05, 4.69) is 10.6 Å². The molecule has 3 heterocycles. The average molecular weight is 454 g/mol. The first-order chi connectivity index (χ1) is 14.9. The highest BCUT2D eigenvalue weighted by Gasteiger charge is 2.67. The van der Waals surface area contributed by atoms with Crippen LogP contribution in [0, 0.1) is 18.8 Å². The Morgan fingerprint density at radius 1 is 1.19 bits per heavy atom. The monoisotopic (exact) mass is 453 g/mol. The zero-order valence-corrected chi connectivity index (χ0v) is 18.2. The molecule has 2 bridgehead atoms. The van der Waals surface area contributed by atoms with Gasteiger partial charge in [-0.05, 0) is 49.5 Å². The van der Waals surface area contributed by atoms with Gasteiger partial charge in [0.05, 0.1) is 30.2 Å². The number of ether oxygens (including phenoxy) is 1. The van der Waals surface area contributed by atoms with E-state index in [1.807, 2.05) is 43.3 Å². The van der Waals surface area contributed by atoms with Crippen LogP contribution in [0.3, 0.4) is 0 Å². The molecule has 2 fully saturated rings. The normalized spacial score (nSPS) is 28.2. The largest absolute Gasteiger partial charge is 0.360 e. The van der Waals surface area contributed by atoms with Crippen molar-refractivity contribution < 1.29 is 14.3 Å². The lowest BCUT2D eigenvalue weighted by molar-refractivity contribution is -0.126. The molecule has 0 aromatic heterocycles. The van der Waals surface area contributed by atoms with Gasteiger partial charge in [0, 0.05) is 10.7 Å². The summed E-state index contributed by atoms with van der Waals surface area (Å²) in [5.74, 6) is -1.55. The topological polar surface area (TPSA) is 70.7 Å². The third-order valence-electron chi connectivity index (χ3n) is 6.05. The third kappa shape index (κ3) is 3.33. The highest BCUT2D eigenvalue weighted by atomic mass is 35.5. The molecule has 2 saturated heterocycles. The van der Waals surface area contributed by atoms with Crippen LogP contribution < -0.4 is 15.5 Å². The summed E-state index contributed by atoms with van der Waals surface area (Å²) in [7, 11) is 0. The van der Waals surface area contributed by atoms with Crippen LogP contribution in [0.5, 0.6) is 0 Å². The highest BCUT2D eigenvalue weighted by Crippen LogP contribution is 2.52. The van der Waals surface area contributed by atoms with Gasteiger partial charge in [0.15, 0.2) is 5.11 Å². The fourth-order valence-corrected chi connectivity index (χ4v) is 4.99. The molecule has 0 saturated carbocycles. The van der Waals surface area contributed by atoms with Crippen molar-refractivity contribution in [2.75, 3.05) is 16.8 Å². The van der Waals surface area contributed by atoms with E-state index < -0.39 is 23.5 Å². The van der Waals surface area contributed by atoms with Gasteiger partial charge >= 0.3 is 0 Å². The average Bonchev–Trinajstić information content (AvgIpc) is 3.38. The second-order valence-corrected chi connectivity index (χ2v) is 8.91. The summed E-state index contributed by atoms with van der Waals surface area (Å²) in [6.07, 6.45) is 3.35. The van der Waals surface area contributed by atoms with Gasteiger partial charge in [0.2, 0.25) is 11.8 Å². The number of nitrogens with one attached hydrogen (secondary N) is 2. The standard InChI is InChI=1S/C23H20ClN3O3S/c1-13-5-7-16(8-6-13)27-20(28)18-17-9-10-23(30-17,19(18)21(27)29)12-25-22(31)26-15-4-2-3-14(24)11-15/h2-11,17-19H,12H2,1H3,(H2,25,26,31)/t17-,18+,19-,23+/m1/s1. The Morgan fingerprint density at radius 2 is 1.97 bits per heavy atom. The number of benzene rings is 2. The number of rotatable bonds is 4. The van der Waals surface area contributed by atoms with Gasteiger partial charge in [0.1, 0.15) is 5.60 Å². The van der Waals surface area contributed by atoms with Crippen molar-refractivity contribution in [3.05, 3.63) is 71.3 Å². The van der Waals surface area contributed by atoms with Crippen molar-refractivity contribution in [2.45, 2.75) is 18.6 Å². The van der Waals surface area contributed by atoms with Crippen molar-refractivity contribution in [3.63, 3.8) is 0 Å². The van der Waals surface area contributed by atoms with E-state index in [0.29, 0.717) is 15.8 Å². The van der Waals surface area contributed by atoms with E-state index in [-0.39, 0.29) is 18.4 Å². The van der Waals surface area contributed by atoms with Gasteiger partial charge in [-0.3, -0.25) is 9.59 Å². The zero-order chi connectivity index (χ0) is 21.8. The van der Waals surface area contributed by atoms with Gasteiger partial charge < -0.3 is 15.4 Å². The minimum Gasteiger partial charge on any atom is -0.360 e. The second kappa shape index (κ2) is 7.44. The van der Waals surface area contributed by atoms with Crippen LogP contribution in [0.4, 0.5) is 11.4 Å².